The van der Waals surface area contributed by atoms with Crippen LogP contribution in [0.3, 0.4) is 0 Å². The molecule has 0 saturated carbocycles. The molecule has 3 heterocycles. The van der Waals surface area contributed by atoms with Crippen molar-refractivity contribution in [2.75, 3.05) is 13.1 Å². The van der Waals surface area contributed by atoms with Crippen molar-refractivity contribution in [2.24, 2.45) is 11.8 Å². The second-order valence-corrected chi connectivity index (χ2v) is 5.61. The van der Waals surface area contributed by atoms with Crippen molar-refractivity contribution in [1.29, 1.82) is 0 Å². The molecule has 0 aromatic rings. The molecule has 0 radical (unpaired) electrons. The number of fused-ring (bicyclic) bond motifs is 1. The highest BCUT2D eigenvalue weighted by atomic mass is 16.4. The minimum Gasteiger partial charge on any atom is -0.477 e. The van der Waals surface area contributed by atoms with E-state index in [0.29, 0.717) is 6.42 Å². The van der Waals surface area contributed by atoms with Crippen molar-refractivity contribution in [1.82, 2.24) is 10.2 Å². The van der Waals surface area contributed by atoms with Gasteiger partial charge in [0.2, 0.25) is 5.91 Å². The Morgan fingerprint density at radius 1 is 1.53 bits per heavy atom. The number of nitrogens with one attached hydrogen (secondary N) is 1. The number of β-lactam (4-membered cyclic amide) rings is 1. The summed E-state index contributed by atoms with van der Waals surface area (Å²) in [6.07, 6.45) is 0.792. The second-order valence-electron chi connectivity index (χ2n) is 5.61. The number of aliphatic hydroxyl groups is 1. The Bertz CT molecular complexity index is 465. The number of carbonyl (C=O) groups is 2. The molecule has 0 bridgehead atoms. The molecule has 3 N–H and O–H groups in total. The van der Waals surface area contributed by atoms with Crippen molar-refractivity contribution in [2.45, 2.75) is 31.9 Å². The molecule has 3 rings (SSSR count). The van der Waals surface area contributed by atoms with Gasteiger partial charge in [-0.25, -0.2) is 4.79 Å². The van der Waals surface area contributed by atoms with E-state index in [1.165, 1.54) is 4.90 Å². The van der Waals surface area contributed by atoms with Crippen LogP contribution in [0.25, 0.3) is 0 Å². The normalized spacial score (nSPS) is 35.4. The second kappa shape index (κ2) is 4.31. The molecule has 0 aromatic heterocycles. The van der Waals surface area contributed by atoms with Gasteiger partial charge >= 0.3 is 5.97 Å². The van der Waals surface area contributed by atoms with Crippen LogP contribution in [0.2, 0.25) is 0 Å². The number of hydrogen-bond donors (Lipinski definition) is 3. The Morgan fingerprint density at radius 3 is 2.79 bits per heavy atom. The largest absolute Gasteiger partial charge is 0.477 e. The average molecular weight is 266 g/mol. The first-order valence-corrected chi connectivity index (χ1v) is 6.70. The third-order valence-corrected chi connectivity index (χ3v) is 4.52. The van der Waals surface area contributed by atoms with Gasteiger partial charge in [0, 0.05) is 6.54 Å². The number of aliphatic carboxylic acids is 1. The fourth-order valence-electron chi connectivity index (χ4n) is 3.62. The summed E-state index contributed by atoms with van der Waals surface area (Å²) in [4.78, 5) is 24.8. The SMILES string of the molecule is C[C@@H](O)[C@H]1C(=O)N2C(C(=O)O)=C([C@H]3CCNC3)C[C@H]12. The van der Waals surface area contributed by atoms with Crippen molar-refractivity contribution >= 4 is 11.9 Å². The predicted molar refractivity (Wildman–Crippen MR) is 66.1 cm³/mol. The van der Waals surface area contributed by atoms with Crippen molar-refractivity contribution < 1.29 is 19.8 Å². The maximum absolute atomic E-state index is 12.0. The van der Waals surface area contributed by atoms with Crippen molar-refractivity contribution in [3.05, 3.63) is 11.3 Å². The monoisotopic (exact) mass is 266 g/mol. The topological polar surface area (TPSA) is 89.9 Å². The Morgan fingerprint density at radius 2 is 2.26 bits per heavy atom. The summed E-state index contributed by atoms with van der Waals surface area (Å²) >= 11 is 0. The molecule has 1 amide bonds. The zero-order valence-electron chi connectivity index (χ0n) is 10.8. The first-order chi connectivity index (χ1) is 9.02. The molecular formula is C13H18N2O4. The number of rotatable bonds is 3. The molecule has 3 aliphatic rings. The van der Waals surface area contributed by atoms with Gasteiger partial charge in [0.25, 0.3) is 0 Å². The molecule has 0 aliphatic carbocycles. The van der Waals surface area contributed by atoms with Gasteiger partial charge in [-0.1, -0.05) is 0 Å². The van der Waals surface area contributed by atoms with Gasteiger partial charge in [-0.15, -0.1) is 0 Å². The lowest BCUT2D eigenvalue weighted by Gasteiger charge is -2.44. The van der Waals surface area contributed by atoms with Gasteiger partial charge in [0.1, 0.15) is 5.70 Å². The van der Waals surface area contributed by atoms with Gasteiger partial charge in [-0.2, -0.15) is 0 Å². The zero-order chi connectivity index (χ0) is 13.7. The van der Waals surface area contributed by atoms with Crippen LogP contribution in [0.4, 0.5) is 0 Å². The van der Waals surface area contributed by atoms with E-state index in [2.05, 4.69) is 5.32 Å². The van der Waals surface area contributed by atoms with Gasteiger partial charge < -0.3 is 20.4 Å². The summed E-state index contributed by atoms with van der Waals surface area (Å²) in [5.74, 6) is -1.51. The van der Waals surface area contributed by atoms with Gasteiger partial charge in [0.15, 0.2) is 0 Å². The molecule has 0 aromatic carbocycles. The summed E-state index contributed by atoms with van der Waals surface area (Å²) in [7, 11) is 0. The van der Waals surface area contributed by atoms with E-state index in [1.807, 2.05) is 0 Å². The average Bonchev–Trinajstić information content (AvgIpc) is 2.92. The standard InChI is InChI=1S/C13H18N2O4/c1-6(16)10-9-4-8(7-2-3-14-5-7)11(13(18)19)15(9)12(10)17/h6-7,9-10,14,16H,2-5H2,1H3,(H,18,19)/t6-,7+,9-,10-/m1/s1. The van der Waals surface area contributed by atoms with Crippen LogP contribution in [0.15, 0.2) is 11.3 Å². The van der Waals surface area contributed by atoms with Crippen LogP contribution < -0.4 is 5.32 Å². The third-order valence-electron chi connectivity index (χ3n) is 4.52. The van der Waals surface area contributed by atoms with Gasteiger partial charge in [0.05, 0.1) is 18.1 Å². The van der Waals surface area contributed by atoms with E-state index in [-0.39, 0.29) is 23.6 Å². The van der Waals surface area contributed by atoms with Gasteiger partial charge in [-0.05, 0) is 37.8 Å². The number of carboxylic acid groups (broad SMARTS) is 1. The zero-order valence-corrected chi connectivity index (χ0v) is 10.8. The van der Waals surface area contributed by atoms with E-state index >= 15 is 0 Å². The first-order valence-electron chi connectivity index (χ1n) is 6.70. The van der Waals surface area contributed by atoms with Crippen LogP contribution >= 0.6 is 0 Å². The minimum absolute atomic E-state index is 0.158. The highest BCUT2D eigenvalue weighted by Gasteiger charge is 2.57. The molecular weight excluding hydrogens is 248 g/mol. The molecule has 6 heteroatoms. The van der Waals surface area contributed by atoms with Crippen LogP contribution in [0.1, 0.15) is 19.8 Å². The molecule has 4 atom stereocenters. The third kappa shape index (κ3) is 1.70. The van der Waals surface area contributed by atoms with E-state index in [9.17, 15) is 19.8 Å². The van der Waals surface area contributed by atoms with Crippen molar-refractivity contribution in [3.8, 4) is 0 Å². The summed E-state index contributed by atoms with van der Waals surface area (Å²) in [5, 5.41) is 22.2. The maximum Gasteiger partial charge on any atom is 0.352 e. The number of hydrogen-bond acceptors (Lipinski definition) is 4. The lowest BCUT2D eigenvalue weighted by molar-refractivity contribution is -0.161. The molecule has 104 valence electrons. The molecule has 2 saturated heterocycles. The minimum atomic E-state index is -1.03. The van der Waals surface area contributed by atoms with Crippen LogP contribution in [-0.2, 0) is 9.59 Å². The molecule has 19 heavy (non-hydrogen) atoms. The summed E-state index contributed by atoms with van der Waals surface area (Å²) in [6.45, 7) is 3.26. The van der Waals surface area contributed by atoms with Crippen LogP contribution in [-0.4, -0.2) is 52.2 Å². The molecule has 0 unspecified atom stereocenters. The quantitative estimate of drug-likeness (QED) is 0.602. The molecule has 3 aliphatic heterocycles. The van der Waals surface area contributed by atoms with E-state index < -0.39 is 18.0 Å². The predicted octanol–water partition coefficient (Wildman–Crippen LogP) is -0.454. The summed E-state index contributed by atoms with van der Waals surface area (Å²) < 4.78 is 0. The smallest absolute Gasteiger partial charge is 0.352 e. The lowest BCUT2D eigenvalue weighted by atomic mass is 9.82. The van der Waals surface area contributed by atoms with Crippen molar-refractivity contribution in [3.63, 3.8) is 0 Å². The van der Waals surface area contributed by atoms with Gasteiger partial charge in [-0.3, -0.25) is 4.79 Å². The summed E-state index contributed by atoms with van der Waals surface area (Å²) in [5.41, 5.74) is 1.04. The fraction of sp³-hybridized carbons (Fsp3) is 0.692. The van der Waals surface area contributed by atoms with E-state index in [0.717, 1.165) is 25.1 Å². The highest BCUT2D eigenvalue weighted by Crippen LogP contribution is 2.46. The Kier molecular flexibility index (Phi) is 2.87. The maximum atomic E-state index is 12.0. The molecule has 2 fully saturated rings. The molecule has 6 nitrogen and oxygen atoms in total. The molecule has 0 spiro atoms. The van der Waals surface area contributed by atoms with E-state index in [4.69, 9.17) is 0 Å². The first kappa shape index (κ1) is 12.6. The number of amides is 1. The Balaban J connectivity index is 1.91. The number of aliphatic hydroxyl groups excluding tert-OH is 1. The Labute approximate surface area is 111 Å². The fourth-order valence-corrected chi connectivity index (χ4v) is 3.62. The lowest BCUT2D eigenvalue weighted by Crippen LogP contribution is -2.61. The number of carbonyl (C=O) groups excluding carboxylic acids is 1. The van der Waals surface area contributed by atoms with Crippen LogP contribution in [0.5, 0.6) is 0 Å². The number of nitrogens with zero attached hydrogens (tertiary/aromatic N) is 1. The Hall–Kier alpha value is -1.40. The number of carboxylic acids is 1. The van der Waals surface area contributed by atoms with Crippen LogP contribution in [0, 0.1) is 11.8 Å². The highest BCUT2D eigenvalue weighted by molar-refractivity contribution is 5.99. The summed E-state index contributed by atoms with van der Waals surface area (Å²) in [6, 6.07) is -0.158. The van der Waals surface area contributed by atoms with E-state index in [1.54, 1.807) is 6.92 Å².